The Hall–Kier alpha value is -2.39. The number of nitrogens with zero attached hydrogens (tertiary/aromatic N) is 2. The van der Waals surface area contributed by atoms with Crippen molar-refractivity contribution < 1.29 is 32.4 Å². The molecular formula is C10H9F3N2O5. The van der Waals surface area contributed by atoms with E-state index in [4.69, 9.17) is 0 Å². The van der Waals surface area contributed by atoms with Gasteiger partial charge in [0, 0.05) is 0 Å². The summed E-state index contributed by atoms with van der Waals surface area (Å²) in [6, 6.07) is 0.488. The van der Waals surface area contributed by atoms with Gasteiger partial charge in [0.05, 0.1) is 23.3 Å². The Morgan fingerprint density at radius 3 is 2.55 bits per heavy atom. The summed E-state index contributed by atoms with van der Waals surface area (Å²) in [5.41, 5.74) is -1.92. The number of halogens is 3. The zero-order valence-electron chi connectivity index (χ0n) is 10.4. The van der Waals surface area contributed by atoms with E-state index in [0.717, 1.165) is 6.92 Å². The van der Waals surface area contributed by atoms with Crippen molar-refractivity contribution in [3.05, 3.63) is 27.6 Å². The number of esters is 1. The molecule has 7 nitrogen and oxygen atoms in total. The molecule has 0 saturated carbocycles. The Labute approximate surface area is 110 Å². The minimum atomic E-state index is -5.02. The number of rotatable bonds is 4. The van der Waals surface area contributed by atoms with E-state index in [1.165, 1.54) is 6.92 Å². The summed E-state index contributed by atoms with van der Waals surface area (Å²) >= 11 is 0. The predicted octanol–water partition coefficient (Wildman–Crippen LogP) is 2.37. The number of aromatic nitrogens is 1. The molecule has 0 radical (unpaired) electrons. The first-order valence-corrected chi connectivity index (χ1v) is 5.24. The van der Waals surface area contributed by atoms with Crippen LogP contribution < -0.4 is 4.74 Å². The number of ether oxygens (including phenoxy) is 2. The molecule has 0 spiro atoms. The quantitative estimate of drug-likeness (QED) is 0.481. The first kappa shape index (κ1) is 15.7. The number of pyridine rings is 1. The molecule has 0 aliphatic carbocycles. The van der Waals surface area contributed by atoms with Crippen LogP contribution in [0.4, 0.5) is 18.9 Å². The molecule has 0 N–H and O–H groups in total. The highest BCUT2D eigenvalue weighted by Crippen LogP contribution is 2.30. The average molecular weight is 294 g/mol. The van der Waals surface area contributed by atoms with Gasteiger partial charge in [0.15, 0.2) is 5.75 Å². The lowest BCUT2D eigenvalue weighted by Gasteiger charge is -2.11. The van der Waals surface area contributed by atoms with Crippen LogP contribution in [0.25, 0.3) is 0 Å². The summed E-state index contributed by atoms with van der Waals surface area (Å²) in [7, 11) is 0. The summed E-state index contributed by atoms with van der Waals surface area (Å²) < 4.78 is 44.5. The topological polar surface area (TPSA) is 91.6 Å². The van der Waals surface area contributed by atoms with Gasteiger partial charge in [0.25, 0.3) is 0 Å². The van der Waals surface area contributed by atoms with Gasteiger partial charge in [-0.15, -0.1) is 13.2 Å². The van der Waals surface area contributed by atoms with Crippen LogP contribution in [0.3, 0.4) is 0 Å². The lowest BCUT2D eigenvalue weighted by Crippen LogP contribution is -2.19. The summed E-state index contributed by atoms with van der Waals surface area (Å²) in [6.45, 7) is 2.53. The van der Waals surface area contributed by atoms with Gasteiger partial charge in [-0.05, 0) is 13.8 Å². The second kappa shape index (κ2) is 5.72. The van der Waals surface area contributed by atoms with Gasteiger partial charge >= 0.3 is 18.0 Å². The van der Waals surface area contributed by atoms with E-state index in [2.05, 4.69) is 14.5 Å². The molecule has 0 aliphatic rings. The van der Waals surface area contributed by atoms with E-state index in [1.54, 1.807) is 0 Å². The summed E-state index contributed by atoms with van der Waals surface area (Å²) in [5.74, 6) is -1.95. The molecule has 0 unspecified atom stereocenters. The van der Waals surface area contributed by atoms with Crippen molar-refractivity contribution in [1.82, 2.24) is 4.98 Å². The second-order valence-electron chi connectivity index (χ2n) is 3.47. The zero-order valence-corrected chi connectivity index (χ0v) is 10.4. The third kappa shape index (κ3) is 3.80. The maximum absolute atomic E-state index is 12.1. The molecule has 110 valence electrons. The molecule has 10 heteroatoms. The van der Waals surface area contributed by atoms with Gasteiger partial charge < -0.3 is 9.47 Å². The number of hydrogen-bond acceptors (Lipinski definition) is 6. The van der Waals surface area contributed by atoms with Gasteiger partial charge in [-0.1, -0.05) is 0 Å². The Morgan fingerprint density at radius 2 is 2.10 bits per heavy atom. The highest BCUT2D eigenvalue weighted by atomic mass is 19.4. The van der Waals surface area contributed by atoms with Crippen molar-refractivity contribution in [2.45, 2.75) is 20.2 Å². The van der Waals surface area contributed by atoms with E-state index >= 15 is 0 Å². The van der Waals surface area contributed by atoms with E-state index in [1.807, 2.05) is 0 Å². The van der Waals surface area contributed by atoms with Crippen LogP contribution in [0.2, 0.25) is 0 Å². The van der Waals surface area contributed by atoms with Crippen LogP contribution in [0, 0.1) is 17.0 Å². The molecule has 0 bridgehead atoms. The average Bonchev–Trinajstić information content (AvgIpc) is 2.29. The van der Waals surface area contributed by atoms with E-state index < -0.39 is 34.4 Å². The number of carbonyl (C=O) groups is 1. The highest BCUT2D eigenvalue weighted by Gasteiger charge is 2.34. The lowest BCUT2D eigenvalue weighted by molar-refractivity contribution is -0.385. The number of hydrogen-bond donors (Lipinski definition) is 0. The maximum atomic E-state index is 12.1. The van der Waals surface area contributed by atoms with Gasteiger partial charge in [-0.25, -0.2) is 9.78 Å². The van der Waals surface area contributed by atoms with Gasteiger partial charge in [-0.2, -0.15) is 0 Å². The van der Waals surface area contributed by atoms with E-state index in [9.17, 15) is 28.1 Å². The maximum Gasteiger partial charge on any atom is 0.573 e. The van der Waals surface area contributed by atoms with Crippen molar-refractivity contribution in [3.63, 3.8) is 0 Å². The molecule has 0 aromatic carbocycles. The molecule has 1 rings (SSSR count). The van der Waals surface area contributed by atoms with Crippen LogP contribution in [0.5, 0.6) is 5.75 Å². The first-order chi connectivity index (χ1) is 9.15. The van der Waals surface area contributed by atoms with Crippen LogP contribution in [-0.4, -0.2) is 28.8 Å². The fourth-order valence-electron chi connectivity index (χ4n) is 1.29. The van der Waals surface area contributed by atoms with Crippen molar-refractivity contribution in [2.24, 2.45) is 0 Å². The van der Waals surface area contributed by atoms with Crippen LogP contribution in [0.1, 0.15) is 23.1 Å². The highest BCUT2D eigenvalue weighted by molar-refractivity contribution is 5.92. The molecule has 0 amide bonds. The number of carbonyl (C=O) groups excluding carboxylic acids is 1. The molecule has 0 atom stereocenters. The number of nitro groups is 1. The summed E-state index contributed by atoms with van der Waals surface area (Å²) in [6.07, 6.45) is -5.02. The summed E-state index contributed by atoms with van der Waals surface area (Å²) in [4.78, 5) is 24.7. The van der Waals surface area contributed by atoms with Gasteiger partial charge in [-0.3, -0.25) is 10.1 Å². The second-order valence-corrected chi connectivity index (χ2v) is 3.47. The third-order valence-corrected chi connectivity index (χ3v) is 2.04. The monoisotopic (exact) mass is 294 g/mol. The Morgan fingerprint density at radius 1 is 1.50 bits per heavy atom. The van der Waals surface area contributed by atoms with Gasteiger partial charge in [0.1, 0.15) is 0 Å². The van der Waals surface area contributed by atoms with Crippen molar-refractivity contribution in [3.8, 4) is 5.75 Å². The zero-order chi connectivity index (χ0) is 15.5. The Balaban J connectivity index is 3.32. The normalized spacial score (nSPS) is 11.1. The number of alkyl halides is 3. The van der Waals surface area contributed by atoms with Crippen molar-refractivity contribution in [2.75, 3.05) is 6.61 Å². The Bertz CT molecular complexity index is 544. The SMILES string of the molecule is CCOC(=O)c1nc(C)c(OC(F)(F)F)cc1[N+](=O)[O-]. The van der Waals surface area contributed by atoms with Gasteiger partial charge in [0.2, 0.25) is 5.69 Å². The molecule has 1 heterocycles. The largest absolute Gasteiger partial charge is 0.573 e. The predicted molar refractivity (Wildman–Crippen MR) is 58.3 cm³/mol. The smallest absolute Gasteiger partial charge is 0.461 e. The van der Waals surface area contributed by atoms with Crippen LogP contribution in [-0.2, 0) is 4.74 Å². The lowest BCUT2D eigenvalue weighted by atomic mass is 10.2. The molecule has 0 saturated heterocycles. The summed E-state index contributed by atoms with van der Waals surface area (Å²) in [5, 5.41) is 10.8. The minimum absolute atomic E-state index is 0.0580. The number of aryl methyl sites for hydroxylation is 1. The molecular weight excluding hydrogens is 285 g/mol. The standard InChI is InChI=1S/C10H9F3N2O5/c1-3-19-9(16)8-6(15(17)18)4-7(5(2)14-8)20-10(11,12)13/h4H,3H2,1-2H3. The van der Waals surface area contributed by atoms with Crippen LogP contribution >= 0.6 is 0 Å². The molecule has 0 aliphatic heterocycles. The first-order valence-electron chi connectivity index (χ1n) is 5.24. The Kier molecular flexibility index (Phi) is 4.48. The molecule has 0 fully saturated rings. The van der Waals surface area contributed by atoms with Crippen LogP contribution in [0.15, 0.2) is 6.07 Å². The van der Waals surface area contributed by atoms with E-state index in [-0.39, 0.29) is 12.3 Å². The van der Waals surface area contributed by atoms with Crippen molar-refractivity contribution >= 4 is 11.7 Å². The van der Waals surface area contributed by atoms with Crippen molar-refractivity contribution in [1.29, 1.82) is 0 Å². The molecule has 1 aromatic rings. The molecule has 1 aromatic heterocycles. The van der Waals surface area contributed by atoms with E-state index in [0.29, 0.717) is 6.07 Å². The third-order valence-electron chi connectivity index (χ3n) is 2.04. The molecule has 20 heavy (non-hydrogen) atoms. The fraction of sp³-hybridized carbons (Fsp3) is 0.400. The fourth-order valence-corrected chi connectivity index (χ4v) is 1.29. The minimum Gasteiger partial charge on any atom is -0.461 e.